The van der Waals surface area contributed by atoms with E-state index in [4.69, 9.17) is 5.11 Å². The second kappa shape index (κ2) is 7.14. The van der Waals surface area contributed by atoms with Gasteiger partial charge in [-0.05, 0) is 49.2 Å². The summed E-state index contributed by atoms with van der Waals surface area (Å²) in [6, 6.07) is 17.0. The van der Waals surface area contributed by atoms with Gasteiger partial charge in [0.15, 0.2) is 0 Å². The van der Waals surface area contributed by atoms with Crippen LogP contribution < -0.4 is 10.2 Å². The van der Waals surface area contributed by atoms with Gasteiger partial charge in [-0.3, -0.25) is 0 Å². The van der Waals surface area contributed by atoms with Crippen molar-refractivity contribution >= 4 is 11.4 Å². The van der Waals surface area contributed by atoms with Gasteiger partial charge in [-0.2, -0.15) is 0 Å². The SMILES string of the molecule is Cc1ccccc1C(C)Nc1ccc(N(C)CCO)cc1. The number of aliphatic hydroxyl groups excluding tert-OH is 1. The molecular weight excluding hydrogens is 260 g/mol. The van der Waals surface area contributed by atoms with Gasteiger partial charge < -0.3 is 15.3 Å². The van der Waals surface area contributed by atoms with E-state index in [2.05, 4.69) is 67.7 Å². The molecule has 0 aliphatic carbocycles. The smallest absolute Gasteiger partial charge is 0.0606 e. The number of anilines is 2. The van der Waals surface area contributed by atoms with Crippen LogP contribution in [0.25, 0.3) is 0 Å². The topological polar surface area (TPSA) is 35.5 Å². The van der Waals surface area contributed by atoms with E-state index in [0.29, 0.717) is 6.54 Å². The predicted molar refractivity (Wildman–Crippen MR) is 90.0 cm³/mol. The molecule has 0 aliphatic heterocycles. The Hall–Kier alpha value is -2.00. The molecule has 2 rings (SSSR count). The summed E-state index contributed by atoms with van der Waals surface area (Å²) in [6.45, 7) is 5.13. The largest absolute Gasteiger partial charge is 0.395 e. The molecular formula is C18H24N2O. The first-order valence-electron chi connectivity index (χ1n) is 7.36. The Morgan fingerprint density at radius 3 is 2.38 bits per heavy atom. The lowest BCUT2D eigenvalue weighted by atomic mass is 10.0. The van der Waals surface area contributed by atoms with E-state index >= 15 is 0 Å². The van der Waals surface area contributed by atoms with Crippen LogP contribution >= 0.6 is 0 Å². The summed E-state index contributed by atoms with van der Waals surface area (Å²) in [7, 11) is 1.98. The standard InChI is InChI=1S/C18H24N2O/c1-14-6-4-5-7-18(14)15(2)19-16-8-10-17(11-9-16)20(3)12-13-21/h4-11,15,19,21H,12-13H2,1-3H3. The Morgan fingerprint density at radius 2 is 1.76 bits per heavy atom. The molecule has 0 saturated heterocycles. The first kappa shape index (κ1) is 15.4. The van der Waals surface area contributed by atoms with E-state index in [0.717, 1.165) is 11.4 Å². The van der Waals surface area contributed by atoms with E-state index < -0.39 is 0 Å². The summed E-state index contributed by atoms with van der Waals surface area (Å²) >= 11 is 0. The van der Waals surface area contributed by atoms with Gasteiger partial charge in [-0.1, -0.05) is 24.3 Å². The highest BCUT2D eigenvalue weighted by atomic mass is 16.3. The summed E-state index contributed by atoms with van der Waals surface area (Å²) < 4.78 is 0. The predicted octanol–water partition coefficient (Wildman–Crippen LogP) is 3.60. The minimum absolute atomic E-state index is 0.167. The molecule has 0 fully saturated rings. The molecule has 0 spiro atoms. The van der Waals surface area contributed by atoms with Crippen LogP contribution in [0.1, 0.15) is 24.1 Å². The maximum absolute atomic E-state index is 8.97. The van der Waals surface area contributed by atoms with Crippen LogP contribution in [-0.4, -0.2) is 25.3 Å². The van der Waals surface area contributed by atoms with Gasteiger partial charge in [0.1, 0.15) is 0 Å². The van der Waals surface area contributed by atoms with Crippen molar-refractivity contribution in [1.82, 2.24) is 0 Å². The Labute approximate surface area is 127 Å². The summed E-state index contributed by atoms with van der Waals surface area (Å²) in [5.74, 6) is 0. The van der Waals surface area contributed by atoms with Crippen molar-refractivity contribution in [2.75, 3.05) is 30.4 Å². The molecule has 3 heteroatoms. The zero-order valence-corrected chi connectivity index (χ0v) is 13.0. The van der Waals surface area contributed by atoms with Gasteiger partial charge in [-0.25, -0.2) is 0 Å². The monoisotopic (exact) mass is 284 g/mol. The maximum atomic E-state index is 8.97. The average molecular weight is 284 g/mol. The zero-order chi connectivity index (χ0) is 15.2. The van der Waals surface area contributed by atoms with E-state index in [9.17, 15) is 0 Å². The zero-order valence-electron chi connectivity index (χ0n) is 13.0. The highest BCUT2D eigenvalue weighted by Gasteiger charge is 2.08. The number of hydrogen-bond acceptors (Lipinski definition) is 3. The fraction of sp³-hybridized carbons (Fsp3) is 0.333. The third-order valence-corrected chi connectivity index (χ3v) is 3.78. The molecule has 2 aromatic carbocycles. The fourth-order valence-corrected chi connectivity index (χ4v) is 2.49. The van der Waals surface area contributed by atoms with Crippen molar-refractivity contribution in [2.24, 2.45) is 0 Å². The molecule has 2 aromatic rings. The molecule has 21 heavy (non-hydrogen) atoms. The van der Waals surface area contributed by atoms with Crippen LogP contribution in [-0.2, 0) is 0 Å². The molecule has 0 amide bonds. The maximum Gasteiger partial charge on any atom is 0.0606 e. The number of benzene rings is 2. The molecule has 112 valence electrons. The van der Waals surface area contributed by atoms with E-state index in [1.54, 1.807) is 0 Å². The van der Waals surface area contributed by atoms with Crippen molar-refractivity contribution in [3.8, 4) is 0 Å². The normalized spacial score (nSPS) is 12.0. The number of rotatable bonds is 6. The van der Waals surface area contributed by atoms with E-state index in [-0.39, 0.29) is 12.6 Å². The summed E-state index contributed by atoms with van der Waals surface area (Å²) in [4.78, 5) is 2.04. The molecule has 1 atom stereocenters. The average Bonchev–Trinajstić information content (AvgIpc) is 2.48. The first-order chi connectivity index (χ1) is 10.1. The number of aryl methyl sites for hydroxylation is 1. The van der Waals surface area contributed by atoms with E-state index in [1.807, 2.05) is 11.9 Å². The molecule has 0 bridgehead atoms. The molecule has 0 heterocycles. The van der Waals surface area contributed by atoms with Crippen LogP contribution in [0.15, 0.2) is 48.5 Å². The first-order valence-corrected chi connectivity index (χ1v) is 7.36. The number of nitrogens with one attached hydrogen (secondary N) is 1. The highest BCUT2D eigenvalue weighted by molar-refractivity contribution is 5.55. The Kier molecular flexibility index (Phi) is 5.23. The lowest BCUT2D eigenvalue weighted by molar-refractivity contribution is 0.304. The number of aliphatic hydroxyl groups is 1. The van der Waals surface area contributed by atoms with Crippen LogP contribution in [0.3, 0.4) is 0 Å². The number of hydrogen-bond donors (Lipinski definition) is 2. The third-order valence-electron chi connectivity index (χ3n) is 3.78. The minimum Gasteiger partial charge on any atom is -0.395 e. The molecule has 0 radical (unpaired) electrons. The quantitative estimate of drug-likeness (QED) is 0.851. The number of nitrogens with zero attached hydrogens (tertiary/aromatic N) is 1. The van der Waals surface area contributed by atoms with Crippen LogP contribution in [0.2, 0.25) is 0 Å². The van der Waals surface area contributed by atoms with Crippen LogP contribution in [0, 0.1) is 6.92 Å². The Balaban J connectivity index is 2.05. The number of likely N-dealkylation sites (N-methyl/N-ethyl adjacent to an activating group) is 1. The summed E-state index contributed by atoms with van der Waals surface area (Å²) in [5, 5.41) is 12.5. The van der Waals surface area contributed by atoms with Gasteiger partial charge in [-0.15, -0.1) is 0 Å². The Bertz CT molecular complexity index is 566. The van der Waals surface area contributed by atoms with Crippen molar-refractivity contribution in [1.29, 1.82) is 0 Å². The van der Waals surface area contributed by atoms with Crippen molar-refractivity contribution in [3.63, 3.8) is 0 Å². The van der Waals surface area contributed by atoms with Gasteiger partial charge >= 0.3 is 0 Å². The third kappa shape index (κ3) is 3.99. The highest BCUT2D eigenvalue weighted by Crippen LogP contribution is 2.23. The second-order valence-electron chi connectivity index (χ2n) is 5.41. The Morgan fingerprint density at radius 1 is 1.10 bits per heavy atom. The van der Waals surface area contributed by atoms with Gasteiger partial charge in [0.25, 0.3) is 0 Å². The lowest BCUT2D eigenvalue weighted by Crippen LogP contribution is -2.20. The van der Waals surface area contributed by atoms with Crippen molar-refractivity contribution in [2.45, 2.75) is 19.9 Å². The van der Waals surface area contributed by atoms with E-state index in [1.165, 1.54) is 11.1 Å². The summed E-state index contributed by atoms with van der Waals surface area (Å²) in [5.41, 5.74) is 4.83. The second-order valence-corrected chi connectivity index (χ2v) is 5.41. The lowest BCUT2D eigenvalue weighted by Gasteiger charge is -2.20. The molecule has 0 aromatic heterocycles. The minimum atomic E-state index is 0.167. The van der Waals surface area contributed by atoms with Crippen LogP contribution in [0.5, 0.6) is 0 Å². The van der Waals surface area contributed by atoms with Gasteiger partial charge in [0, 0.05) is 31.0 Å². The molecule has 2 N–H and O–H groups in total. The molecule has 1 unspecified atom stereocenters. The molecule has 3 nitrogen and oxygen atoms in total. The van der Waals surface area contributed by atoms with Gasteiger partial charge in [0.2, 0.25) is 0 Å². The van der Waals surface area contributed by atoms with Crippen molar-refractivity contribution < 1.29 is 5.11 Å². The summed E-state index contributed by atoms with van der Waals surface area (Å²) in [6.07, 6.45) is 0. The fourth-order valence-electron chi connectivity index (χ4n) is 2.49. The van der Waals surface area contributed by atoms with Crippen molar-refractivity contribution in [3.05, 3.63) is 59.7 Å². The van der Waals surface area contributed by atoms with Crippen LogP contribution in [0.4, 0.5) is 11.4 Å². The molecule has 0 saturated carbocycles. The molecule has 0 aliphatic rings. The van der Waals surface area contributed by atoms with Gasteiger partial charge in [0.05, 0.1) is 6.61 Å².